The van der Waals surface area contributed by atoms with E-state index in [2.05, 4.69) is 244 Å². The number of fused-ring (bicyclic) bond motifs is 6. The molecule has 0 unspecified atom stereocenters. The van der Waals surface area contributed by atoms with E-state index in [4.69, 9.17) is 0 Å². The van der Waals surface area contributed by atoms with Gasteiger partial charge in [0.15, 0.2) is 5.43 Å². The fourth-order valence-electron chi connectivity index (χ4n) is 12.0. The molecule has 10 aromatic rings. The Hall–Kier alpha value is -7.82. The zero-order valence-corrected chi connectivity index (χ0v) is 38.8. The van der Waals surface area contributed by atoms with E-state index < -0.39 is 0 Å². The molecule has 0 atom stereocenters. The van der Waals surface area contributed by atoms with Crippen molar-refractivity contribution in [2.75, 3.05) is 9.80 Å². The molecule has 0 radical (unpaired) electrons. The SMILES string of the molecule is Cc1cc(C)c(B2c3ccccc3N(c3ccccc3)c3cc4c(cc32)c(=O)c2cc3c(cc2n4-c2ccccc2)N(c2ccccc2)c2ccccc2B3c2c(C)cc(C)cc2C)c(C)c1. The minimum absolute atomic E-state index is 0.0326. The zero-order valence-electron chi connectivity index (χ0n) is 38.8. The predicted molar refractivity (Wildman–Crippen MR) is 287 cm³/mol. The highest BCUT2D eigenvalue weighted by Gasteiger charge is 2.40. The molecule has 0 saturated heterocycles. The van der Waals surface area contributed by atoms with Crippen molar-refractivity contribution >= 4 is 102 Å². The molecule has 12 rings (SSSR count). The quantitative estimate of drug-likeness (QED) is 0.128. The fraction of sp³-hybridized carbons (Fsp3) is 0.0984. The molecule has 1 aromatic heterocycles. The number of nitrogens with zero attached hydrogens (tertiary/aromatic N) is 3. The summed E-state index contributed by atoms with van der Waals surface area (Å²) in [6.07, 6.45) is 0. The maximum absolute atomic E-state index is 16.0. The zero-order chi connectivity index (χ0) is 45.7. The molecule has 0 amide bonds. The monoisotopic (exact) mass is 861 g/mol. The van der Waals surface area contributed by atoms with Crippen molar-refractivity contribution < 1.29 is 0 Å². The van der Waals surface area contributed by atoms with E-state index in [1.165, 1.54) is 55.2 Å². The first-order valence-corrected chi connectivity index (χ1v) is 23.5. The minimum Gasteiger partial charge on any atom is -0.311 e. The lowest BCUT2D eigenvalue weighted by Crippen LogP contribution is -2.59. The van der Waals surface area contributed by atoms with Crippen LogP contribution >= 0.6 is 0 Å². The van der Waals surface area contributed by atoms with E-state index in [9.17, 15) is 0 Å². The van der Waals surface area contributed by atoms with Crippen molar-refractivity contribution in [1.29, 1.82) is 0 Å². The summed E-state index contributed by atoms with van der Waals surface area (Å²) >= 11 is 0. The molecule has 9 aromatic carbocycles. The van der Waals surface area contributed by atoms with Crippen LogP contribution in [0, 0.1) is 41.5 Å². The Balaban J connectivity index is 1.24. The normalized spacial score (nSPS) is 12.9. The third-order valence-electron chi connectivity index (χ3n) is 14.4. The summed E-state index contributed by atoms with van der Waals surface area (Å²) in [5.41, 5.74) is 24.0. The molecular formula is C61H49B2N3O. The summed E-state index contributed by atoms with van der Waals surface area (Å²) < 4.78 is 2.34. The Kier molecular flexibility index (Phi) is 9.51. The van der Waals surface area contributed by atoms with Crippen LogP contribution in [0.1, 0.15) is 33.4 Å². The Morgan fingerprint density at radius 3 is 1.07 bits per heavy atom. The molecule has 3 heterocycles. The average molecular weight is 862 g/mol. The van der Waals surface area contributed by atoms with E-state index in [1.54, 1.807) is 0 Å². The summed E-state index contributed by atoms with van der Waals surface area (Å²) in [5, 5.41) is 1.40. The molecule has 6 heteroatoms. The van der Waals surface area contributed by atoms with Gasteiger partial charge < -0.3 is 14.4 Å². The smallest absolute Gasteiger partial charge is 0.247 e. The molecule has 2 aliphatic heterocycles. The maximum Gasteiger partial charge on any atom is 0.247 e. The van der Waals surface area contributed by atoms with Gasteiger partial charge in [-0.1, -0.05) is 172 Å². The highest BCUT2D eigenvalue weighted by Crippen LogP contribution is 2.41. The maximum atomic E-state index is 16.0. The van der Waals surface area contributed by atoms with Crippen LogP contribution in [-0.2, 0) is 0 Å². The molecule has 0 saturated carbocycles. The second-order valence-corrected chi connectivity index (χ2v) is 18.8. The second-order valence-electron chi connectivity index (χ2n) is 18.8. The van der Waals surface area contributed by atoms with Gasteiger partial charge in [-0.3, -0.25) is 4.79 Å². The van der Waals surface area contributed by atoms with Gasteiger partial charge in [-0.2, -0.15) is 0 Å². The molecule has 0 N–H and O–H groups in total. The van der Waals surface area contributed by atoms with Gasteiger partial charge in [0.05, 0.1) is 11.0 Å². The number of hydrogen-bond donors (Lipinski definition) is 0. The number of pyridine rings is 1. The van der Waals surface area contributed by atoms with Gasteiger partial charge in [-0.05, 0) is 124 Å². The second kappa shape index (κ2) is 15.7. The standard InChI is InChI=1S/C61H49B2N3O/c1-38-30-40(3)59(41(4)31-38)62-49-26-16-18-28-53(49)64(44-20-10-7-11-21-44)57-36-55-47(34-51(57)62)61(67)48-35-52-58(37-56(48)66(55)46-24-14-9-15-25-46)65(45-22-12-8-13-23-45)54-29-19-17-27-50(54)63(52)60-42(5)32-39(2)33-43(60)6/h7-37H,1-6H3. The Morgan fingerprint density at radius 2 is 0.687 bits per heavy atom. The average Bonchev–Trinajstić information content (AvgIpc) is 3.33. The third-order valence-corrected chi connectivity index (χ3v) is 14.4. The summed E-state index contributed by atoms with van der Waals surface area (Å²) in [4.78, 5) is 20.8. The van der Waals surface area contributed by atoms with Gasteiger partial charge in [0, 0.05) is 50.6 Å². The van der Waals surface area contributed by atoms with Crippen LogP contribution in [0.5, 0.6) is 0 Å². The lowest BCUT2D eigenvalue weighted by molar-refractivity contribution is 1.16. The number of rotatable bonds is 5. The third kappa shape index (κ3) is 6.34. The predicted octanol–water partition coefficient (Wildman–Crippen LogP) is 10.6. The van der Waals surface area contributed by atoms with Crippen LogP contribution < -0.4 is 48.0 Å². The highest BCUT2D eigenvalue weighted by molar-refractivity contribution is 6.99. The molecule has 2 aliphatic rings. The van der Waals surface area contributed by atoms with E-state index in [1.807, 2.05) is 0 Å². The van der Waals surface area contributed by atoms with Crippen LogP contribution in [0.15, 0.2) is 193 Å². The first kappa shape index (κ1) is 40.7. The molecular weight excluding hydrogens is 812 g/mol. The van der Waals surface area contributed by atoms with Gasteiger partial charge in [-0.15, -0.1) is 0 Å². The first-order chi connectivity index (χ1) is 32.7. The van der Waals surface area contributed by atoms with E-state index in [0.717, 1.165) is 61.8 Å². The Morgan fingerprint density at radius 1 is 0.343 bits per heavy atom. The molecule has 0 aliphatic carbocycles. The summed E-state index contributed by atoms with van der Waals surface area (Å²) in [6, 6.07) is 67.9. The van der Waals surface area contributed by atoms with Crippen LogP contribution in [0.2, 0.25) is 0 Å². The van der Waals surface area contributed by atoms with Crippen molar-refractivity contribution in [2.24, 2.45) is 0 Å². The van der Waals surface area contributed by atoms with Gasteiger partial charge in [0.25, 0.3) is 0 Å². The molecule has 0 bridgehead atoms. The minimum atomic E-state index is -0.104. The van der Waals surface area contributed by atoms with E-state index >= 15 is 4.79 Å². The Bertz CT molecular complexity index is 3430. The van der Waals surface area contributed by atoms with Crippen LogP contribution in [0.4, 0.5) is 34.1 Å². The van der Waals surface area contributed by atoms with Crippen molar-refractivity contribution in [1.82, 2.24) is 4.57 Å². The number of para-hydroxylation sites is 5. The summed E-state index contributed by atoms with van der Waals surface area (Å²) in [7, 11) is 0. The van der Waals surface area contributed by atoms with Gasteiger partial charge in [0.2, 0.25) is 13.4 Å². The largest absolute Gasteiger partial charge is 0.311 e. The number of aromatic nitrogens is 1. The van der Waals surface area contributed by atoms with Gasteiger partial charge in [0.1, 0.15) is 0 Å². The molecule has 0 spiro atoms. The van der Waals surface area contributed by atoms with Crippen molar-refractivity contribution in [3.63, 3.8) is 0 Å². The van der Waals surface area contributed by atoms with E-state index in [0.29, 0.717) is 10.8 Å². The van der Waals surface area contributed by atoms with E-state index in [-0.39, 0.29) is 18.9 Å². The van der Waals surface area contributed by atoms with Crippen molar-refractivity contribution in [2.45, 2.75) is 41.5 Å². The number of benzene rings is 9. The summed E-state index contributed by atoms with van der Waals surface area (Å²) in [5.74, 6) is 0. The topological polar surface area (TPSA) is 28.5 Å². The lowest BCUT2D eigenvalue weighted by atomic mass is 9.33. The lowest BCUT2D eigenvalue weighted by Gasteiger charge is -2.39. The Labute approximate surface area is 393 Å². The van der Waals surface area contributed by atoms with Gasteiger partial charge in [-0.25, -0.2) is 0 Å². The van der Waals surface area contributed by atoms with Crippen LogP contribution in [-0.4, -0.2) is 18.0 Å². The highest BCUT2D eigenvalue weighted by atomic mass is 16.1. The molecule has 4 nitrogen and oxygen atoms in total. The molecule has 67 heavy (non-hydrogen) atoms. The fourth-order valence-corrected chi connectivity index (χ4v) is 12.0. The van der Waals surface area contributed by atoms with Crippen molar-refractivity contribution in [3.8, 4) is 5.69 Å². The summed E-state index contributed by atoms with van der Waals surface area (Å²) in [6.45, 7) is 13.1. The molecule has 320 valence electrons. The van der Waals surface area contributed by atoms with Gasteiger partial charge >= 0.3 is 0 Å². The number of anilines is 6. The number of hydrogen-bond acceptors (Lipinski definition) is 3. The molecule has 0 fully saturated rings. The van der Waals surface area contributed by atoms with Crippen LogP contribution in [0.3, 0.4) is 0 Å². The van der Waals surface area contributed by atoms with Crippen LogP contribution in [0.25, 0.3) is 27.5 Å². The first-order valence-electron chi connectivity index (χ1n) is 23.5. The van der Waals surface area contributed by atoms with Crippen molar-refractivity contribution in [3.05, 3.63) is 232 Å². The number of aryl methyl sites for hydroxylation is 6.